The first-order valence-corrected chi connectivity index (χ1v) is 7.88. The number of hydrogen-bond acceptors (Lipinski definition) is 3. The molecule has 1 N–H and O–H groups in total. The van der Waals surface area contributed by atoms with Crippen LogP contribution in [-0.4, -0.2) is 21.7 Å². The Balaban J connectivity index is 2.27. The smallest absolute Gasteiger partial charge is 0.291 e. The van der Waals surface area contributed by atoms with E-state index >= 15 is 0 Å². The Labute approximate surface area is 138 Å². The average molecular weight is 332 g/mol. The molecule has 3 aromatic rings. The molecule has 120 valence electrons. The molecule has 0 saturated carbocycles. The van der Waals surface area contributed by atoms with Crippen LogP contribution < -0.4 is 10.3 Å². The number of methoxy groups -OCH3 is 1. The van der Waals surface area contributed by atoms with Gasteiger partial charge < -0.3 is 4.74 Å². The van der Waals surface area contributed by atoms with Gasteiger partial charge in [0.05, 0.1) is 12.8 Å². The summed E-state index contributed by atoms with van der Waals surface area (Å²) in [4.78, 5) is 17.1. The first-order chi connectivity index (χ1) is 11.1. The van der Waals surface area contributed by atoms with Gasteiger partial charge in [-0.3, -0.25) is 9.89 Å². The predicted octanol–water partition coefficient (Wildman–Crippen LogP) is 3.61. The van der Waals surface area contributed by atoms with E-state index in [9.17, 15) is 4.79 Å². The number of aromatic amines is 1. The summed E-state index contributed by atoms with van der Waals surface area (Å²) in [6.07, 6.45) is 1.56. The van der Waals surface area contributed by atoms with E-state index in [2.05, 4.69) is 10.1 Å². The van der Waals surface area contributed by atoms with Crippen molar-refractivity contribution in [2.24, 2.45) is 0 Å². The van der Waals surface area contributed by atoms with Crippen LogP contribution in [0.5, 0.6) is 5.75 Å². The second kappa shape index (κ2) is 6.08. The summed E-state index contributed by atoms with van der Waals surface area (Å²) in [5.74, 6) is 0.783. The number of benzene rings is 1. The Kier molecular flexibility index (Phi) is 4.13. The highest BCUT2D eigenvalue weighted by Crippen LogP contribution is 2.29. The number of hydrogen-bond donors (Lipinski definition) is 1. The Morgan fingerprint density at radius 1 is 1.30 bits per heavy atom. The zero-order valence-corrected chi connectivity index (χ0v) is 14.1. The van der Waals surface area contributed by atoms with Crippen LogP contribution in [0.4, 0.5) is 0 Å². The van der Waals surface area contributed by atoms with Gasteiger partial charge in [0.2, 0.25) is 0 Å². The summed E-state index contributed by atoms with van der Waals surface area (Å²) in [6.45, 7) is 3.95. The maximum absolute atomic E-state index is 12.5. The molecule has 0 saturated heterocycles. The summed E-state index contributed by atoms with van der Waals surface area (Å²) in [7, 11) is 1.63. The molecule has 3 rings (SSSR count). The summed E-state index contributed by atoms with van der Waals surface area (Å²) in [5.41, 5.74) is 3.73. The minimum atomic E-state index is -0.261. The van der Waals surface area contributed by atoms with E-state index in [1.165, 1.54) is 4.52 Å². The topological polar surface area (TPSA) is 59.4 Å². The number of nitrogens with one attached hydrogen (secondary N) is 1. The van der Waals surface area contributed by atoms with Crippen molar-refractivity contribution in [1.82, 2.24) is 14.6 Å². The van der Waals surface area contributed by atoms with Crippen LogP contribution in [0.3, 0.4) is 0 Å². The van der Waals surface area contributed by atoms with E-state index in [-0.39, 0.29) is 10.6 Å². The van der Waals surface area contributed by atoms with Gasteiger partial charge in [0, 0.05) is 11.3 Å². The third kappa shape index (κ3) is 2.61. The molecule has 0 aliphatic heterocycles. The molecule has 0 fully saturated rings. The van der Waals surface area contributed by atoms with Crippen molar-refractivity contribution in [2.75, 3.05) is 7.11 Å². The van der Waals surface area contributed by atoms with Crippen molar-refractivity contribution >= 4 is 17.2 Å². The maximum Gasteiger partial charge on any atom is 0.291 e. The third-order valence-electron chi connectivity index (χ3n) is 3.84. The third-order valence-corrected chi connectivity index (χ3v) is 4.22. The molecule has 0 aliphatic carbocycles. The minimum absolute atomic E-state index is 0.187. The average Bonchev–Trinajstić information content (AvgIpc) is 2.89. The zero-order chi connectivity index (χ0) is 16.6. The summed E-state index contributed by atoms with van der Waals surface area (Å²) in [5, 5.41) is 3.25. The Hall–Kier alpha value is -2.27. The number of aryl methyl sites for hydroxylation is 2. The lowest BCUT2D eigenvalue weighted by Gasteiger charge is -2.05. The van der Waals surface area contributed by atoms with Gasteiger partial charge in [-0.1, -0.05) is 37.1 Å². The van der Waals surface area contributed by atoms with Gasteiger partial charge >= 0.3 is 0 Å². The quantitative estimate of drug-likeness (QED) is 0.794. The molecule has 23 heavy (non-hydrogen) atoms. The highest BCUT2D eigenvalue weighted by Gasteiger charge is 2.17. The largest absolute Gasteiger partial charge is 0.497 e. The molecule has 2 heterocycles. The van der Waals surface area contributed by atoms with Crippen molar-refractivity contribution in [2.45, 2.75) is 26.7 Å². The van der Waals surface area contributed by atoms with E-state index in [1.807, 2.05) is 38.1 Å². The maximum atomic E-state index is 12.5. The van der Waals surface area contributed by atoms with Crippen molar-refractivity contribution in [3.63, 3.8) is 0 Å². The van der Waals surface area contributed by atoms with Crippen LogP contribution >= 0.6 is 11.6 Å². The van der Waals surface area contributed by atoms with Crippen LogP contribution in [0.2, 0.25) is 5.02 Å². The lowest BCUT2D eigenvalue weighted by Crippen LogP contribution is -2.18. The number of fused-ring (bicyclic) bond motifs is 1. The number of nitrogens with zero attached hydrogens (tertiary/aromatic N) is 2. The predicted molar refractivity (Wildman–Crippen MR) is 91.5 cm³/mol. The lowest BCUT2D eigenvalue weighted by atomic mass is 10.1. The van der Waals surface area contributed by atoms with E-state index in [0.29, 0.717) is 17.8 Å². The van der Waals surface area contributed by atoms with Crippen LogP contribution in [0.25, 0.3) is 16.8 Å². The molecular weight excluding hydrogens is 314 g/mol. The van der Waals surface area contributed by atoms with Crippen LogP contribution in [0, 0.1) is 6.92 Å². The van der Waals surface area contributed by atoms with Gasteiger partial charge in [-0.2, -0.15) is 4.52 Å². The molecule has 1 aromatic carbocycles. The molecule has 0 spiro atoms. The van der Waals surface area contributed by atoms with E-state index < -0.39 is 0 Å². The van der Waals surface area contributed by atoms with Crippen molar-refractivity contribution in [3.8, 4) is 16.9 Å². The fourth-order valence-electron chi connectivity index (χ4n) is 2.71. The standard InChI is InChI=1S/C17H18ClN3O2/c1-4-5-13-15(18)17(22)21-16(19-13)14(10(2)20-21)11-6-8-12(23-3)9-7-11/h6-9,20H,4-5H2,1-3H3. The van der Waals surface area contributed by atoms with Gasteiger partial charge in [-0.05, 0) is 31.0 Å². The number of halogens is 1. The van der Waals surface area contributed by atoms with Crippen LogP contribution in [0.1, 0.15) is 24.7 Å². The number of H-pyrrole nitrogens is 1. The number of aromatic nitrogens is 3. The highest BCUT2D eigenvalue weighted by molar-refractivity contribution is 6.31. The molecule has 0 aliphatic rings. The van der Waals surface area contributed by atoms with Gasteiger partial charge in [0.1, 0.15) is 10.8 Å². The van der Waals surface area contributed by atoms with Gasteiger partial charge in [0.15, 0.2) is 5.65 Å². The fourth-order valence-corrected chi connectivity index (χ4v) is 2.93. The summed E-state index contributed by atoms with van der Waals surface area (Å²) >= 11 is 6.17. The Morgan fingerprint density at radius 3 is 2.61 bits per heavy atom. The molecule has 0 unspecified atom stereocenters. The molecule has 0 bridgehead atoms. The molecule has 2 aromatic heterocycles. The molecule has 0 radical (unpaired) electrons. The fraction of sp³-hybridized carbons (Fsp3) is 0.294. The first-order valence-electron chi connectivity index (χ1n) is 7.51. The SMILES string of the molecule is CCCc1nc2c(-c3ccc(OC)cc3)c(C)[nH]n2c(=O)c1Cl. The first kappa shape index (κ1) is 15.6. The minimum Gasteiger partial charge on any atom is -0.497 e. The molecular formula is C17H18ClN3O2. The molecule has 5 nitrogen and oxygen atoms in total. The number of rotatable bonds is 4. The summed E-state index contributed by atoms with van der Waals surface area (Å²) in [6, 6.07) is 7.68. The Bertz CT molecular complexity index is 910. The second-order valence-electron chi connectivity index (χ2n) is 5.43. The van der Waals surface area contributed by atoms with Crippen molar-refractivity contribution in [1.29, 1.82) is 0 Å². The lowest BCUT2D eigenvalue weighted by molar-refractivity contribution is 0.415. The van der Waals surface area contributed by atoms with E-state index in [4.69, 9.17) is 16.3 Å². The van der Waals surface area contributed by atoms with Crippen LogP contribution in [-0.2, 0) is 6.42 Å². The van der Waals surface area contributed by atoms with Gasteiger partial charge in [-0.25, -0.2) is 4.98 Å². The van der Waals surface area contributed by atoms with Crippen LogP contribution in [0.15, 0.2) is 29.1 Å². The normalized spacial score (nSPS) is 11.1. The molecule has 0 amide bonds. The molecule has 6 heteroatoms. The van der Waals surface area contributed by atoms with Crippen molar-refractivity contribution < 1.29 is 4.74 Å². The zero-order valence-electron chi connectivity index (χ0n) is 13.3. The number of ether oxygens (including phenoxy) is 1. The van der Waals surface area contributed by atoms with Crippen molar-refractivity contribution in [3.05, 3.63) is 51.0 Å². The van der Waals surface area contributed by atoms with Gasteiger partial charge in [-0.15, -0.1) is 0 Å². The Morgan fingerprint density at radius 2 is 2.00 bits per heavy atom. The van der Waals surface area contributed by atoms with E-state index in [0.717, 1.165) is 29.0 Å². The monoisotopic (exact) mass is 331 g/mol. The highest BCUT2D eigenvalue weighted by atomic mass is 35.5. The van der Waals surface area contributed by atoms with Gasteiger partial charge in [0.25, 0.3) is 5.56 Å². The second-order valence-corrected chi connectivity index (χ2v) is 5.80. The molecule has 0 atom stereocenters. The summed E-state index contributed by atoms with van der Waals surface area (Å²) < 4.78 is 6.61. The van der Waals surface area contributed by atoms with E-state index in [1.54, 1.807) is 7.11 Å².